The molecule has 0 fully saturated rings. The largest absolute Gasteiger partial charge is 0.480 e. The Morgan fingerprint density at radius 1 is 1.44 bits per heavy atom. The van der Waals surface area contributed by atoms with Crippen LogP contribution in [0, 0.1) is 0 Å². The number of ether oxygens (including phenoxy) is 1. The maximum absolute atomic E-state index is 11.5. The molecule has 1 atom stereocenters. The van der Waals surface area contributed by atoms with Crippen LogP contribution >= 0.6 is 0 Å². The molecule has 0 aromatic carbocycles. The van der Waals surface area contributed by atoms with E-state index in [2.05, 4.69) is 0 Å². The number of carbonyl (C=O) groups is 2. The summed E-state index contributed by atoms with van der Waals surface area (Å²) in [5.74, 6) is -2.26. The van der Waals surface area contributed by atoms with Crippen molar-refractivity contribution in [2.45, 2.75) is 25.3 Å². The standard InChI is InChI=1S/C9H18N2O6S/c1-17-5-2-6-18(15,16)11-7(9(13)14)3-4-8(10)12/h7,11H,2-6H2,1H3,(H2,10,12)(H,13,14)/t7-/m0/s1. The van der Waals surface area contributed by atoms with Gasteiger partial charge in [0.2, 0.25) is 15.9 Å². The van der Waals surface area contributed by atoms with Gasteiger partial charge in [0.1, 0.15) is 6.04 Å². The molecule has 0 saturated heterocycles. The van der Waals surface area contributed by atoms with Gasteiger partial charge >= 0.3 is 5.97 Å². The second kappa shape index (κ2) is 8.01. The van der Waals surface area contributed by atoms with Gasteiger partial charge < -0.3 is 15.6 Å². The third kappa shape index (κ3) is 7.98. The average Bonchev–Trinajstić information content (AvgIpc) is 2.23. The summed E-state index contributed by atoms with van der Waals surface area (Å²) in [7, 11) is -2.27. The molecule has 0 heterocycles. The fraction of sp³-hybridized carbons (Fsp3) is 0.778. The molecule has 9 heteroatoms. The average molecular weight is 282 g/mol. The Kier molecular flexibility index (Phi) is 7.48. The quantitative estimate of drug-likeness (QED) is 0.424. The first-order valence-electron chi connectivity index (χ1n) is 5.28. The first-order chi connectivity index (χ1) is 8.28. The Hall–Kier alpha value is -1.19. The number of aliphatic carboxylic acids is 1. The Balaban J connectivity index is 4.38. The molecule has 0 radical (unpaired) electrons. The van der Waals surface area contributed by atoms with Gasteiger partial charge in [-0.1, -0.05) is 0 Å². The van der Waals surface area contributed by atoms with Gasteiger partial charge in [0, 0.05) is 20.1 Å². The van der Waals surface area contributed by atoms with Crippen LogP contribution in [0.5, 0.6) is 0 Å². The Bertz CT molecular complexity index is 381. The summed E-state index contributed by atoms with van der Waals surface area (Å²) in [6, 6.07) is -1.34. The smallest absolute Gasteiger partial charge is 0.321 e. The Labute approximate surface area is 106 Å². The van der Waals surface area contributed by atoms with Gasteiger partial charge in [-0.2, -0.15) is 0 Å². The van der Waals surface area contributed by atoms with Crippen molar-refractivity contribution in [1.29, 1.82) is 0 Å². The van der Waals surface area contributed by atoms with Gasteiger partial charge in [0.25, 0.3) is 0 Å². The number of rotatable bonds is 10. The SMILES string of the molecule is COCCCS(=O)(=O)N[C@@H](CCC(N)=O)C(=O)O. The van der Waals surface area contributed by atoms with Gasteiger partial charge in [-0.3, -0.25) is 9.59 Å². The van der Waals surface area contributed by atoms with E-state index in [-0.39, 0.29) is 31.6 Å². The van der Waals surface area contributed by atoms with Crippen molar-refractivity contribution in [3.8, 4) is 0 Å². The van der Waals surface area contributed by atoms with Crippen LogP contribution < -0.4 is 10.5 Å². The highest BCUT2D eigenvalue weighted by Crippen LogP contribution is 2.01. The predicted octanol–water partition coefficient (Wildman–Crippen LogP) is -1.34. The van der Waals surface area contributed by atoms with Gasteiger partial charge in [-0.15, -0.1) is 0 Å². The molecule has 0 bridgehead atoms. The molecule has 0 aliphatic heterocycles. The zero-order chi connectivity index (χ0) is 14.2. The third-order valence-electron chi connectivity index (χ3n) is 2.06. The van der Waals surface area contributed by atoms with Gasteiger partial charge in [0.05, 0.1) is 5.75 Å². The predicted molar refractivity (Wildman–Crippen MR) is 63.3 cm³/mol. The van der Waals surface area contributed by atoms with E-state index in [0.29, 0.717) is 0 Å². The number of carboxylic acids is 1. The number of carbonyl (C=O) groups excluding carboxylic acids is 1. The maximum Gasteiger partial charge on any atom is 0.321 e. The van der Waals surface area contributed by atoms with Crippen LogP contribution in [0.1, 0.15) is 19.3 Å². The van der Waals surface area contributed by atoms with Gasteiger partial charge in [-0.25, -0.2) is 13.1 Å². The summed E-state index contributed by atoms with van der Waals surface area (Å²) >= 11 is 0. The van der Waals surface area contributed by atoms with E-state index in [1.807, 2.05) is 4.72 Å². The molecule has 0 spiro atoms. The van der Waals surface area contributed by atoms with Crippen molar-refractivity contribution in [2.24, 2.45) is 5.73 Å². The highest BCUT2D eigenvalue weighted by atomic mass is 32.2. The van der Waals surface area contributed by atoms with Crippen molar-refractivity contribution in [3.63, 3.8) is 0 Å². The van der Waals surface area contributed by atoms with E-state index in [0.717, 1.165) is 0 Å². The Morgan fingerprint density at radius 3 is 2.50 bits per heavy atom. The van der Waals surface area contributed by atoms with Gasteiger partial charge in [0.15, 0.2) is 0 Å². The lowest BCUT2D eigenvalue weighted by molar-refractivity contribution is -0.139. The molecular formula is C9H18N2O6S. The molecule has 0 rings (SSSR count). The third-order valence-corrected chi connectivity index (χ3v) is 3.53. The first-order valence-corrected chi connectivity index (χ1v) is 6.94. The molecule has 0 aromatic rings. The summed E-state index contributed by atoms with van der Waals surface area (Å²) in [4.78, 5) is 21.4. The monoisotopic (exact) mass is 282 g/mol. The number of nitrogens with two attached hydrogens (primary N) is 1. The fourth-order valence-electron chi connectivity index (χ4n) is 1.19. The van der Waals surface area contributed by atoms with Crippen LogP contribution in [0.25, 0.3) is 0 Å². The molecule has 4 N–H and O–H groups in total. The number of primary amides is 1. The number of carboxylic acid groups (broad SMARTS) is 1. The lowest BCUT2D eigenvalue weighted by atomic mass is 10.2. The molecule has 0 saturated carbocycles. The van der Waals surface area contributed by atoms with Crippen molar-refractivity contribution >= 4 is 21.9 Å². The summed E-state index contributed by atoms with van der Waals surface area (Å²) < 4.78 is 29.8. The minimum Gasteiger partial charge on any atom is -0.480 e. The van der Waals surface area contributed by atoms with Crippen molar-refractivity contribution in [1.82, 2.24) is 4.72 Å². The van der Waals surface area contributed by atoms with Crippen molar-refractivity contribution < 1.29 is 27.9 Å². The van der Waals surface area contributed by atoms with E-state index in [9.17, 15) is 18.0 Å². The van der Waals surface area contributed by atoms with E-state index < -0.39 is 27.9 Å². The highest BCUT2D eigenvalue weighted by molar-refractivity contribution is 7.89. The molecule has 0 aromatic heterocycles. The van der Waals surface area contributed by atoms with E-state index >= 15 is 0 Å². The number of nitrogens with one attached hydrogen (secondary N) is 1. The lowest BCUT2D eigenvalue weighted by Crippen LogP contribution is -2.42. The highest BCUT2D eigenvalue weighted by Gasteiger charge is 2.23. The van der Waals surface area contributed by atoms with Crippen molar-refractivity contribution in [2.75, 3.05) is 19.5 Å². The normalized spacial score (nSPS) is 13.2. The molecule has 1 amide bonds. The van der Waals surface area contributed by atoms with Crippen LogP contribution in [-0.2, 0) is 24.3 Å². The minimum atomic E-state index is -3.71. The molecule has 18 heavy (non-hydrogen) atoms. The van der Waals surface area contributed by atoms with Crippen LogP contribution in [-0.4, -0.2) is 50.9 Å². The molecule has 106 valence electrons. The Morgan fingerprint density at radius 2 is 2.06 bits per heavy atom. The summed E-state index contributed by atoms with van der Waals surface area (Å²) in [5, 5.41) is 8.82. The molecule has 0 unspecified atom stereocenters. The molecular weight excluding hydrogens is 264 g/mol. The first kappa shape index (κ1) is 16.8. The second-order valence-corrected chi connectivity index (χ2v) is 5.55. The molecule has 8 nitrogen and oxygen atoms in total. The van der Waals surface area contributed by atoms with Gasteiger partial charge in [-0.05, 0) is 12.8 Å². The van der Waals surface area contributed by atoms with Crippen LogP contribution in [0.3, 0.4) is 0 Å². The zero-order valence-electron chi connectivity index (χ0n) is 10.1. The van der Waals surface area contributed by atoms with E-state index in [1.165, 1.54) is 7.11 Å². The van der Waals surface area contributed by atoms with Crippen molar-refractivity contribution in [3.05, 3.63) is 0 Å². The lowest BCUT2D eigenvalue weighted by Gasteiger charge is -2.13. The minimum absolute atomic E-state index is 0.172. The molecule has 0 aliphatic rings. The van der Waals surface area contributed by atoms with E-state index in [4.69, 9.17) is 15.6 Å². The fourth-order valence-corrected chi connectivity index (χ4v) is 2.46. The number of hydrogen-bond acceptors (Lipinski definition) is 5. The molecule has 0 aliphatic carbocycles. The van der Waals surface area contributed by atoms with Crippen LogP contribution in [0.4, 0.5) is 0 Å². The number of methoxy groups -OCH3 is 1. The van der Waals surface area contributed by atoms with E-state index in [1.54, 1.807) is 0 Å². The number of amides is 1. The summed E-state index contributed by atoms with van der Waals surface area (Å²) in [6.07, 6.45) is -0.111. The summed E-state index contributed by atoms with van der Waals surface area (Å²) in [5.41, 5.74) is 4.88. The van der Waals surface area contributed by atoms with Crippen LogP contribution in [0.15, 0.2) is 0 Å². The number of hydrogen-bond donors (Lipinski definition) is 3. The zero-order valence-corrected chi connectivity index (χ0v) is 10.9. The second-order valence-electron chi connectivity index (χ2n) is 3.68. The van der Waals surface area contributed by atoms with Crippen LogP contribution in [0.2, 0.25) is 0 Å². The topological polar surface area (TPSA) is 136 Å². The maximum atomic E-state index is 11.5. The summed E-state index contributed by atoms with van der Waals surface area (Å²) in [6.45, 7) is 0.264. The number of sulfonamides is 1.